The van der Waals surface area contributed by atoms with E-state index in [-0.39, 0.29) is 16.4 Å². The molecule has 0 saturated carbocycles. The lowest BCUT2D eigenvalue weighted by Gasteiger charge is -2.32. The number of benzene rings is 2. The Kier molecular flexibility index (Phi) is 3.80. The van der Waals surface area contributed by atoms with Crippen molar-refractivity contribution in [3.8, 4) is 29.1 Å². The van der Waals surface area contributed by atoms with Crippen molar-refractivity contribution in [2.45, 2.75) is 38.2 Å². The van der Waals surface area contributed by atoms with Crippen molar-refractivity contribution >= 4 is 0 Å². The van der Waals surface area contributed by atoms with Crippen LogP contribution in [0.4, 0.5) is 0 Å². The van der Waals surface area contributed by atoms with Crippen LogP contribution in [0.1, 0.15) is 63.6 Å². The molecule has 0 fully saturated rings. The first-order chi connectivity index (χ1) is 23.3. The highest BCUT2D eigenvalue weighted by molar-refractivity contribution is 5.47. The van der Waals surface area contributed by atoms with E-state index in [4.69, 9.17) is 42.3 Å². The van der Waals surface area contributed by atoms with E-state index in [2.05, 4.69) is 0 Å². The van der Waals surface area contributed by atoms with Crippen LogP contribution in [0.2, 0.25) is 0 Å². The lowest BCUT2D eigenvalue weighted by molar-refractivity contribution is 0.292. The fraction of sp³-hybridized carbons (Fsp3) is 0.519. The van der Waals surface area contributed by atoms with Crippen molar-refractivity contribution < 1.29 is 45.0 Å². The van der Waals surface area contributed by atoms with Gasteiger partial charge < -0.3 is 23.8 Å². The zero-order chi connectivity index (χ0) is 41.0. The topological polar surface area (TPSA) is 64.0 Å². The minimum atomic E-state index is -4.50. The van der Waals surface area contributed by atoms with Gasteiger partial charge in [0.15, 0.2) is 23.0 Å². The average Bonchev–Trinajstić information content (AvgIpc) is 3.02. The van der Waals surface area contributed by atoms with Crippen LogP contribution in [-0.4, -0.2) is 53.4 Å². The van der Waals surface area contributed by atoms with Gasteiger partial charge in [-0.3, -0.25) is 0 Å². The molecule has 0 radical (unpaired) electrons. The standard InChI is InChI=1S/C27H38N2O4/c1-20(2)27(19-28,22-10-12-24(31-5)26(18-22)33-7)14-8-15-29(3)16-13-21-9-11-23(30-4)25(17-21)32-6/h9-12,17-18,20H,8,13-16H2,1-7H3/i1D3,2D3,8D2,10D,12D,13D2,14D2,15D2,16D2,18D. The summed E-state index contributed by atoms with van der Waals surface area (Å²) in [5.41, 5.74) is -6.05. The minimum absolute atomic E-state index is 0.0720. The average molecular weight is 474 g/mol. The Balaban J connectivity index is 3.16. The van der Waals surface area contributed by atoms with Crippen molar-refractivity contribution in [3.05, 3.63) is 47.5 Å². The number of aryl methyl sites for hydroxylation is 1. The lowest BCUT2D eigenvalue weighted by atomic mass is 9.69. The van der Waals surface area contributed by atoms with Crippen molar-refractivity contribution in [3.63, 3.8) is 0 Å². The minimum Gasteiger partial charge on any atom is -0.493 e. The third-order valence-corrected chi connectivity index (χ3v) is 4.39. The molecule has 0 aliphatic heterocycles. The Morgan fingerprint density at radius 2 is 1.73 bits per heavy atom. The second kappa shape index (κ2) is 12.4. The first-order valence-electron chi connectivity index (χ1n) is 18.9. The molecule has 1 unspecified atom stereocenters. The van der Waals surface area contributed by atoms with E-state index in [1.807, 2.05) is 0 Å². The molecule has 0 aliphatic carbocycles. The molecule has 6 nitrogen and oxygen atoms in total. The smallest absolute Gasteiger partial charge is 0.161 e. The number of nitriles is 1. The Bertz CT molecular complexity index is 1670. The molecule has 0 saturated heterocycles. The Hall–Kier alpha value is -2.91. The van der Waals surface area contributed by atoms with Crippen LogP contribution in [0, 0.1) is 17.2 Å². The van der Waals surface area contributed by atoms with Gasteiger partial charge in [-0.2, -0.15) is 5.26 Å². The maximum absolute atomic E-state index is 10.8. The number of rotatable bonds is 13. The van der Waals surface area contributed by atoms with Gasteiger partial charge in [0.25, 0.3) is 0 Å². The third-order valence-electron chi connectivity index (χ3n) is 4.39. The summed E-state index contributed by atoms with van der Waals surface area (Å²) in [5.74, 6) is -4.75. The molecule has 2 aromatic carbocycles. The second-order valence-electron chi connectivity index (χ2n) is 6.40. The molecule has 180 valence electrons. The van der Waals surface area contributed by atoms with Gasteiger partial charge in [0.2, 0.25) is 0 Å². The number of hydrogen-bond donors (Lipinski definition) is 0. The van der Waals surface area contributed by atoms with Crippen molar-refractivity contribution in [2.75, 3.05) is 48.5 Å². The quantitative estimate of drug-likeness (QED) is 0.404. The zero-order valence-corrected chi connectivity index (χ0v) is 18.8. The lowest BCUT2D eigenvalue weighted by Crippen LogP contribution is -2.32. The first-order valence-corrected chi connectivity index (χ1v) is 9.42. The highest BCUT2D eigenvalue weighted by atomic mass is 16.5. The van der Waals surface area contributed by atoms with Crippen molar-refractivity contribution in [1.82, 2.24) is 4.90 Å². The van der Waals surface area contributed by atoms with Crippen LogP contribution in [0.25, 0.3) is 0 Å². The van der Waals surface area contributed by atoms with E-state index in [0.717, 1.165) is 26.4 Å². The molecule has 0 aromatic heterocycles. The molecule has 0 bridgehead atoms. The van der Waals surface area contributed by atoms with Crippen LogP contribution in [-0.2, 0) is 11.8 Å². The zero-order valence-electron chi connectivity index (χ0n) is 37.8. The Labute approximate surface area is 225 Å². The molecule has 33 heavy (non-hydrogen) atoms. The predicted octanol–water partition coefficient (Wildman–Crippen LogP) is 5.09. The summed E-state index contributed by atoms with van der Waals surface area (Å²) in [6, 6.07) is 0.814. The monoisotopic (exact) mass is 473 g/mol. The fourth-order valence-electron chi connectivity index (χ4n) is 2.59. The van der Waals surface area contributed by atoms with Crippen molar-refractivity contribution in [2.24, 2.45) is 5.92 Å². The van der Waals surface area contributed by atoms with Crippen LogP contribution in [0.3, 0.4) is 0 Å². The van der Waals surface area contributed by atoms with E-state index in [0.29, 0.717) is 7.05 Å². The largest absolute Gasteiger partial charge is 0.493 e. The molecular formula is C27H38N2O4. The van der Waals surface area contributed by atoms with Gasteiger partial charge in [-0.1, -0.05) is 25.8 Å². The van der Waals surface area contributed by atoms with Gasteiger partial charge in [0, 0.05) is 28.4 Å². The maximum Gasteiger partial charge on any atom is 0.161 e. The molecule has 2 aromatic rings. The van der Waals surface area contributed by atoms with Gasteiger partial charge in [-0.25, -0.2) is 0 Å². The molecular weight excluding hydrogens is 416 g/mol. The summed E-state index contributed by atoms with van der Waals surface area (Å²) in [6.45, 7) is -15.7. The number of methoxy groups -OCH3 is 4. The Morgan fingerprint density at radius 3 is 2.33 bits per heavy atom. The van der Waals surface area contributed by atoms with E-state index >= 15 is 0 Å². The highest BCUT2D eigenvalue weighted by Gasteiger charge is 2.36. The number of ether oxygens (including phenoxy) is 4. The molecule has 0 aliphatic rings. The number of likely N-dealkylation sites (N-methyl/N-ethyl adjacent to an activating group) is 1. The number of hydrogen-bond acceptors (Lipinski definition) is 6. The van der Waals surface area contributed by atoms with Gasteiger partial charge >= 0.3 is 0 Å². The summed E-state index contributed by atoms with van der Waals surface area (Å²) < 4.78 is 184. The van der Waals surface area contributed by atoms with E-state index in [1.54, 1.807) is 0 Å². The van der Waals surface area contributed by atoms with E-state index < -0.39 is 97.9 Å². The first kappa shape index (κ1) is 10.1. The normalized spacial score (nSPS) is 24.2. The van der Waals surface area contributed by atoms with Gasteiger partial charge in [0.05, 0.1) is 44.0 Å². The highest BCUT2D eigenvalue weighted by Crippen LogP contribution is 2.40. The van der Waals surface area contributed by atoms with Gasteiger partial charge in [-0.15, -0.1) is 0 Å². The van der Waals surface area contributed by atoms with Gasteiger partial charge in [-0.05, 0) is 73.9 Å². The van der Waals surface area contributed by atoms with Crippen LogP contribution >= 0.6 is 0 Å². The third kappa shape index (κ3) is 6.33. The molecule has 2 rings (SSSR count). The van der Waals surface area contributed by atoms with Crippen LogP contribution in [0.15, 0.2) is 36.3 Å². The molecule has 0 heterocycles. The van der Waals surface area contributed by atoms with Crippen LogP contribution in [0.5, 0.6) is 23.0 Å². The molecule has 0 N–H and O–H groups in total. The maximum atomic E-state index is 10.8. The summed E-state index contributed by atoms with van der Waals surface area (Å²) in [4.78, 5) is -0.176. The van der Waals surface area contributed by atoms with Crippen molar-refractivity contribution in [1.29, 1.82) is 5.26 Å². The van der Waals surface area contributed by atoms with Crippen LogP contribution < -0.4 is 18.9 Å². The predicted molar refractivity (Wildman–Crippen MR) is 132 cm³/mol. The summed E-state index contributed by atoms with van der Waals surface area (Å²) >= 11 is 0. The molecule has 0 amide bonds. The number of nitrogens with zero attached hydrogens (tertiary/aromatic N) is 2. The summed E-state index contributed by atoms with van der Waals surface area (Å²) in [5, 5.41) is 10.8. The molecule has 0 spiro atoms. The SMILES string of the molecule is [2H]c1c([2H])c(C(C#N)(C(C([2H])([2H])[2H])C([2H])([2H])[2H])C([2H])([2H])C([2H])([2H])C([2H])([2H])N(C)C([2H])([2H])C([2H])([2H])c2ccc(OC)c(OC)c2)c([2H])c(OC)c1OC. The van der Waals surface area contributed by atoms with Gasteiger partial charge in [0.1, 0.15) is 0 Å². The summed E-state index contributed by atoms with van der Waals surface area (Å²) in [7, 11) is 4.91. The fourth-order valence-corrected chi connectivity index (χ4v) is 2.59. The van der Waals surface area contributed by atoms with E-state index in [9.17, 15) is 8.00 Å². The molecule has 1 atom stereocenters. The summed E-state index contributed by atoms with van der Waals surface area (Å²) in [6.07, 6.45) is -12.2. The van der Waals surface area contributed by atoms with E-state index in [1.165, 1.54) is 26.4 Å². The molecule has 6 heteroatoms. The second-order valence-corrected chi connectivity index (χ2v) is 6.40. The Morgan fingerprint density at radius 1 is 1.03 bits per heavy atom.